The van der Waals surface area contributed by atoms with Gasteiger partial charge in [-0.2, -0.15) is 5.10 Å². The third kappa shape index (κ3) is 2.84. The van der Waals surface area contributed by atoms with Crippen molar-refractivity contribution in [2.45, 2.75) is 31.6 Å². The van der Waals surface area contributed by atoms with Crippen LogP contribution in [0.25, 0.3) is 0 Å². The lowest BCUT2D eigenvalue weighted by Gasteiger charge is -2.17. The molecule has 1 aromatic rings. The second kappa shape index (κ2) is 5.90. The number of aliphatic hydroxyl groups is 2. The van der Waals surface area contributed by atoms with Gasteiger partial charge in [0.25, 0.3) is 5.91 Å². The molecule has 1 saturated carbocycles. The van der Waals surface area contributed by atoms with Gasteiger partial charge in [0.1, 0.15) is 11.8 Å². The summed E-state index contributed by atoms with van der Waals surface area (Å²) in [6, 6.07) is 1.19. The fraction of sp³-hybridized carbons (Fsp3) is 0.692. The van der Waals surface area contributed by atoms with E-state index in [1.165, 1.54) is 0 Å². The Morgan fingerprint density at radius 1 is 1.55 bits per heavy atom. The van der Waals surface area contributed by atoms with Crippen LogP contribution in [0.5, 0.6) is 0 Å². The molecule has 1 aromatic heterocycles. The molecule has 0 aromatic carbocycles. The summed E-state index contributed by atoms with van der Waals surface area (Å²) in [5, 5.41) is 26.7. The topological polar surface area (TPSA) is 96.6 Å². The first-order chi connectivity index (χ1) is 9.43. The predicted octanol–water partition coefficient (Wildman–Crippen LogP) is -0.785. The molecule has 1 amide bonds. The Balaban J connectivity index is 2.01. The van der Waals surface area contributed by atoms with Gasteiger partial charge < -0.3 is 20.3 Å². The lowest BCUT2D eigenvalue weighted by atomic mass is 10.1. The lowest BCUT2D eigenvalue weighted by molar-refractivity contribution is -0.00554. The highest BCUT2D eigenvalue weighted by molar-refractivity contribution is 5.92. The second-order valence-corrected chi connectivity index (χ2v) is 5.31. The van der Waals surface area contributed by atoms with Gasteiger partial charge in [-0.15, -0.1) is 0 Å². The first-order valence-electron chi connectivity index (χ1n) is 6.60. The summed E-state index contributed by atoms with van der Waals surface area (Å²) in [6.07, 6.45) is -1.39. The summed E-state index contributed by atoms with van der Waals surface area (Å²) in [6.45, 7) is 2.21. The molecule has 0 unspecified atom stereocenters. The van der Waals surface area contributed by atoms with E-state index >= 15 is 0 Å². The zero-order valence-electron chi connectivity index (χ0n) is 11.9. The van der Waals surface area contributed by atoms with Crippen LogP contribution >= 0.6 is 0 Å². The zero-order chi connectivity index (χ0) is 14.9. The molecule has 7 heteroatoms. The molecular formula is C13H21N3O4. The van der Waals surface area contributed by atoms with E-state index in [-0.39, 0.29) is 11.8 Å². The maximum absolute atomic E-state index is 12.1. The number of carbonyl (C=O) groups is 1. The number of carbonyl (C=O) groups excluding carboxylic acids is 1. The summed E-state index contributed by atoms with van der Waals surface area (Å²) in [7, 11) is 3.30. The standard InChI is InChI=1S/C13H21N3O4/c1-7-4-10(15-16(7)2)13(19)14-9-5-8(6-20-3)11(17)12(9)18/h4,8-9,11-12,17-18H,5-6H2,1-3H3,(H,14,19)/t8-,9-,11-,12+/m1/s1. The Morgan fingerprint density at radius 2 is 2.25 bits per heavy atom. The smallest absolute Gasteiger partial charge is 0.272 e. The zero-order valence-corrected chi connectivity index (χ0v) is 11.9. The van der Waals surface area contributed by atoms with E-state index in [2.05, 4.69) is 10.4 Å². The van der Waals surface area contributed by atoms with Gasteiger partial charge >= 0.3 is 0 Å². The van der Waals surface area contributed by atoms with Gasteiger partial charge in [0.05, 0.1) is 18.8 Å². The quantitative estimate of drug-likeness (QED) is 0.673. The van der Waals surface area contributed by atoms with Crippen LogP contribution < -0.4 is 5.32 Å². The maximum Gasteiger partial charge on any atom is 0.272 e. The molecule has 0 aliphatic heterocycles. The minimum Gasteiger partial charge on any atom is -0.390 e. The minimum atomic E-state index is -0.982. The van der Waals surface area contributed by atoms with Crippen LogP contribution in [0.4, 0.5) is 0 Å². The van der Waals surface area contributed by atoms with E-state index in [4.69, 9.17) is 4.74 Å². The molecule has 0 bridgehead atoms. The number of aliphatic hydroxyl groups excluding tert-OH is 2. The monoisotopic (exact) mass is 283 g/mol. The molecule has 1 heterocycles. The van der Waals surface area contributed by atoms with E-state index in [1.54, 1.807) is 24.9 Å². The minimum absolute atomic E-state index is 0.175. The number of nitrogens with one attached hydrogen (secondary N) is 1. The summed E-state index contributed by atoms with van der Waals surface area (Å²) < 4.78 is 6.62. The van der Waals surface area contributed by atoms with Crippen molar-refractivity contribution in [2.24, 2.45) is 13.0 Å². The molecule has 7 nitrogen and oxygen atoms in total. The van der Waals surface area contributed by atoms with Gasteiger partial charge in [0.2, 0.25) is 0 Å². The Morgan fingerprint density at radius 3 is 2.80 bits per heavy atom. The highest BCUT2D eigenvalue weighted by Gasteiger charge is 2.42. The molecule has 3 N–H and O–H groups in total. The average Bonchev–Trinajstić information content (AvgIpc) is 2.86. The first-order valence-corrected chi connectivity index (χ1v) is 6.60. The van der Waals surface area contributed by atoms with Crippen molar-refractivity contribution in [3.8, 4) is 0 Å². The number of amides is 1. The van der Waals surface area contributed by atoms with Crippen molar-refractivity contribution in [3.05, 3.63) is 17.5 Å². The predicted molar refractivity (Wildman–Crippen MR) is 71.2 cm³/mol. The SMILES string of the molecule is COC[C@H]1C[C@@H](NC(=O)c2cc(C)n(C)n2)[C@H](O)[C@@H]1O. The van der Waals surface area contributed by atoms with Crippen LogP contribution in [0.3, 0.4) is 0 Å². The van der Waals surface area contributed by atoms with Gasteiger partial charge in [-0.3, -0.25) is 9.48 Å². The molecule has 0 spiro atoms. The average molecular weight is 283 g/mol. The molecule has 1 aliphatic rings. The van der Waals surface area contributed by atoms with Gasteiger partial charge in [-0.25, -0.2) is 0 Å². The number of aromatic nitrogens is 2. The Labute approximate surface area is 117 Å². The molecular weight excluding hydrogens is 262 g/mol. The molecule has 4 atom stereocenters. The van der Waals surface area contributed by atoms with Crippen molar-refractivity contribution in [3.63, 3.8) is 0 Å². The van der Waals surface area contributed by atoms with Crippen LogP contribution in [0.2, 0.25) is 0 Å². The number of rotatable bonds is 4. The summed E-state index contributed by atoms with van der Waals surface area (Å²) in [4.78, 5) is 12.1. The van der Waals surface area contributed by atoms with E-state index in [9.17, 15) is 15.0 Å². The van der Waals surface area contributed by atoms with E-state index in [0.717, 1.165) is 5.69 Å². The van der Waals surface area contributed by atoms with Crippen molar-refractivity contribution in [1.29, 1.82) is 0 Å². The fourth-order valence-corrected chi connectivity index (χ4v) is 2.56. The van der Waals surface area contributed by atoms with Crippen LogP contribution in [-0.2, 0) is 11.8 Å². The molecule has 1 fully saturated rings. The van der Waals surface area contributed by atoms with Crippen molar-refractivity contribution >= 4 is 5.91 Å². The fourth-order valence-electron chi connectivity index (χ4n) is 2.56. The Bertz CT molecular complexity index is 468. The molecule has 2 rings (SSSR count). The van der Waals surface area contributed by atoms with Crippen LogP contribution in [-0.4, -0.2) is 57.9 Å². The van der Waals surface area contributed by atoms with E-state index in [1.807, 2.05) is 6.92 Å². The van der Waals surface area contributed by atoms with E-state index in [0.29, 0.717) is 18.7 Å². The summed E-state index contributed by atoms with van der Waals surface area (Å²) >= 11 is 0. The number of hydrogen-bond acceptors (Lipinski definition) is 5. The van der Waals surface area contributed by atoms with E-state index < -0.39 is 18.2 Å². The molecule has 1 aliphatic carbocycles. The highest BCUT2D eigenvalue weighted by Crippen LogP contribution is 2.27. The van der Waals surface area contributed by atoms with Crippen molar-refractivity contribution in [2.75, 3.05) is 13.7 Å². The largest absolute Gasteiger partial charge is 0.390 e. The van der Waals surface area contributed by atoms with Crippen LogP contribution in [0.1, 0.15) is 22.6 Å². The van der Waals surface area contributed by atoms with Crippen molar-refractivity contribution < 1.29 is 19.7 Å². The van der Waals surface area contributed by atoms with Gasteiger partial charge in [-0.1, -0.05) is 0 Å². The maximum atomic E-state index is 12.1. The highest BCUT2D eigenvalue weighted by atomic mass is 16.5. The Kier molecular flexibility index (Phi) is 4.42. The summed E-state index contributed by atoms with van der Waals surface area (Å²) in [5.74, 6) is -0.520. The first kappa shape index (κ1) is 15.0. The normalized spacial score (nSPS) is 29.6. The number of aryl methyl sites for hydroxylation is 2. The Hall–Kier alpha value is -1.44. The molecule has 20 heavy (non-hydrogen) atoms. The molecule has 112 valence electrons. The lowest BCUT2D eigenvalue weighted by Crippen LogP contribution is -2.43. The summed E-state index contributed by atoms with van der Waals surface area (Å²) in [5.41, 5.74) is 1.18. The number of methoxy groups -OCH3 is 1. The van der Waals surface area contributed by atoms with Gasteiger partial charge in [-0.05, 0) is 19.4 Å². The van der Waals surface area contributed by atoms with Gasteiger partial charge in [0.15, 0.2) is 0 Å². The third-order valence-electron chi connectivity index (χ3n) is 3.85. The molecule has 0 saturated heterocycles. The number of nitrogens with zero attached hydrogens (tertiary/aromatic N) is 2. The van der Waals surface area contributed by atoms with Crippen LogP contribution in [0, 0.1) is 12.8 Å². The number of hydrogen-bond donors (Lipinski definition) is 3. The van der Waals surface area contributed by atoms with Crippen molar-refractivity contribution in [1.82, 2.24) is 15.1 Å². The van der Waals surface area contributed by atoms with Crippen LogP contribution in [0.15, 0.2) is 6.07 Å². The third-order valence-corrected chi connectivity index (χ3v) is 3.85. The number of ether oxygens (including phenoxy) is 1. The molecule has 0 radical (unpaired) electrons. The van der Waals surface area contributed by atoms with Gasteiger partial charge in [0, 0.05) is 25.8 Å². The second-order valence-electron chi connectivity index (χ2n) is 5.31.